The third kappa shape index (κ3) is 2.51. The predicted octanol–water partition coefficient (Wildman–Crippen LogP) is 3.72. The van der Waals surface area contributed by atoms with Gasteiger partial charge in [-0.2, -0.15) is 5.10 Å². The highest BCUT2D eigenvalue weighted by molar-refractivity contribution is 9.10. The second kappa shape index (κ2) is 5.38. The Kier molecular flexibility index (Phi) is 3.78. The third-order valence-corrected chi connectivity index (χ3v) is 5.86. The maximum Gasteiger partial charge on any atom is 0.0739 e. The van der Waals surface area contributed by atoms with E-state index in [1.54, 1.807) is 4.88 Å². The highest BCUT2D eigenvalue weighted by Gasteiger charge is 2.21. The maximum atomic E-state index is 4.44. The molecule has 1 unspecified atom stereocenters. The fourth-order valence-corrected chi connectivity index (χ4v) is 4.25. The van der Waals surface area contributed by atoms with E-state index < -0.39 is 0 Å². The molecule has 19 heavy (non-hydrogen) atoms. The van der Waals surface area contributed by atoms with Crippen molar-refractivity contribution in [2.45, 2.75) is 38.8 Å². The Morgan fingerprint density at radius 3 is 3.16 bits per heavy atom. The SMILES string of the molecule is Cc1nn(C)c(CNC2CCCc3sccc32)c1Br. The van der Waals surface area contributed by atoms with Crippen LogP contribution in [0.25, 0.3) is 0 Å². The van der Waals surface area contributed by atoms with Crippen molar-refractivity contribution < 1.29 is 0 Å². The molecule has 102 valence electrons. The smallest absolute Gasteiger partial charge is 0.0739 e. The van der Waals surface area contributed by atoms with Gasteiger partial charge in [0.15, 0.2) is 0 Å². The van der Waals surface area contributed by atoms with Gasteiger partial charge in [0.25, 0.3) is 0 Å². The van der Waals surface area contributed by atoms with Gasteiger partial charge in [-0.3, -0.25) is 4.68 Å². The molecule has 1 aliphatic carbocycles. The second-order valence-corrected chi connectivity index (χ2v) is 6.89. The van der Waals surface area contributed by atoms with Gasteiger partial charge in [-0.1, -0.05) is 0 Å². The summed E-state index contributed by atoms with van der Waals surface area (Å²) in [6.07, 6.45) is 3.77. The van der Waals surface area contributed by atoms with Crippen molar-refractivity contribution in [2.24, 2.45) is 7.05 Å². The van der Waals surface area contributed by atoms with Gasteiger partial charge >= 0.3 is 0 Å². The van der Waals surface area contributed by atoms with Crippen LogP contribution in [0.15, 0.2) is 15.9 Å². The lowest BCUT2D eigenvalue weighted by atomic mass is 9.94. The molecular weight excluding hydrogens is 322 g/mol. The summed E-state index contributed by atoms with van der Waals surface area (Å²) in [4.78, 5) is 1.56. The van der Waals surface area contributed by atoms with Crippen LogP contribution in [0.2, 0.25) is 0 Å². The third-order valence-electron chi connectivity index (χ3n) is 3.83. The first-order chi connectivity index (χ1) is 9.16. The standard InChI is InChI=1S/C14H18BrN3S/c1-9-14(15)12(18(2)17-9)8-16-11-4-3-5-13-10(11)6-7-19-13/h6-7,11,16H,3-5,8H2,1-2H3. The average molecular weight is 340 g/mol. The van der Waals surface area contributed by atoms with Crippen molar-refractivity contribution in [2.75, 3.05) is 0 Å². The number of hydrogen-bond acceptors (Lipinski definition) is 3. The Balaban J connectivity index is 1.74. The number of rotatable bonds is 3. The van der Waals surface area contributed by atoms with Crippen LogP contribution in [0.3, 0.4) is 0 Å². The molecule has 0 saturated heterocycles. The van der Waals surface area contributed by atoms with Crippen molar-refractivity contribution in [3.63, 3.8) is 0 Å². The van der Waals surface area contributed by atoms with Crippen LogP contribution in [0, 0.1) is 6.92 Å². The molecule has 0 radical (unpaired) electrons. The molecule has 0 aromatic carbocycles. The normalized spacial score (nSPS) is 18.6. The van der Waals surface area contributed by atoms with Crippen LogP contribution in [0.5, 0.6) is 0 Å². The summed E-state index contributed by atoms with van der Waals surface area (Å²) in [5, 5.41) is 10.3. The van der Waals surface area contributed by atoms with Gasteiger partial charge in [-0.05, 0) is 59.1 Å². The largest absolute Gasteiger partial charge is 0.304 e. The molecule has 1 N–H and O–H groups in total. The van der Waals surface area contributed by atoms with Crippen LogP contribution >= 0.6 is 27.3 Å². The molecule has 3 nitrogen and oxygen atoms in total. The van der Waals surface area contributed by atoms with Crippen molar-refractivity contribution in [3.05, 3.63) is 37.7 Å². The first-order valence-corrected chi connectivity index (χ1v) is 8.31. The summed E-state index contributed by atoms with van der Waals surface area (Å²) in [5.74, 6) is 0. The number of fused-ring (bicyclic) bond motifs is 1. The molecule has 2 aromatic rings. The Labute approximate surface area is 126 Å². The zero-order valence-electron chi connectivity index (χ0n) is 11.2. The quantitative estimate of drug-likeness (QED) is 0.923. The van der Waals surface area contributed by atoms with E-state index in [0.29, 0.717) is 6.04 Å². The lowest BCUT2D eigenvalue weighted by Gasteiger charge is -2.24. The number of nitrogens with one attached hydrogen (secondary N) is 1. The zero-order valence-corrected chi connectivity index (χ0v) is 13.6. The van der Waals surface area contributed by atoms with Crippen LogP contribution in [0.4, 0.5) is 0 Å². The Hall–Kier alpha value is -0.650. The predicted molar refractivity (Wildman–Crippen MR) is 82.5 cm³/mol. The molecule has 2 aromatic heterocycles. The summed E-state index contributed by atoms with van der Waals surface area (Å²) in [7, 11) is 2.01. The topological polar surface area (TPSA) is 29.9 Å². The molecule has 2 heterocycles. The molecule has 0 saturated carbocycles. The van der Waals surface area contributed by atoms with Gasteiger partial charge in [0, 0.05) is 24.5 Å². The molecule has 1 aliphatic rings. The maximum absolute atomic E-state index is 4.44. The zero-order chi connectivity index (χ0) is 13.4. The van der Waals surface area contributed by atoms with Gasteiger partial charge in [0.2, 0.25) is 0 Å². The van der Waals surface area contributed by atoms with Gasteiger partial charge in [-0.15, -0.1) is 11.3 Å². The monoisotopic (exact) mass is 339 g/mol. The first kappa shape index (κ1) is 13.3. The van der Waals surface area contributed by atoms with Crippen molar-refractivity contribution in [1.82, 2.24) is 15.1 Å². The van der Waals surface area contributed by atoms with E-state index >= 15 is 0 Å². The lowest BCUT2D eigenvalue weighted by molar-refractivity contribution is 0.453. The number of aromatic nitrogens is 2. The Morgan fingerprint density at radius 2 is 2.42 bits per heavy atom. The van der Waals surface area contributed by atoms with Gasteiger partial charge in [0.05, 0.1) is 15.9 Å². The number of hydrogen-bond donors (Lipinski definition) is 1. The van der Waals surface area contributed by atoms with E-state index in [-0.39, 0.29) is 0 Å². The van der Waals surface area contributed by atoms with Gasteiger partial charge in [-0.25, -0.2) is 0 Å². The highest BCUT2D eigenvalue weighted by Crippen LogP contribution is 2.33. The van der Waals surface area contributed by atoms with E-state index in [9.17, 15) is 0 Å². The molecule has 0 fully saturated rings. The number of aryl methyl sites for hydroxylation is 3. The van der Waals surface area contributed by atoms with E-state index in [1.165, 1.54) is 30.5 Å². The molecule has 1 atom stereocenters. The van der Waals surface area contributed by atoms with Crippen molar-refractivity contribution >= 4 is 27.3 Å². The summed E-state index contributed by atoms with van der Waals surface area (Å²) >= 11 is 5.52. The minimum atomic E-state index is 0.497. The van der Waals surface area contributed by atoms with Gasteiger partial charge < -0.3 is 5.32 Å². The molecule has 0 spiro atoms. The molecule has 5 heteroatoms. The summed E-state index contributed by atoms with van der Waals surface area (Å²) in [5.41, 5.74) is 3.78. The van der Waals surface area contributed by atoms with Crippen LogP contribution in [-0.2, 0) is 20.0 Å². The van der Waals surface area contributed by atoms with Crippen molar-refractivity contribution in [1.29, 1.82) is 0 Å². The van der Waals surface area contributed by atoms with Crippen LogP contribution in [-0.4, -0.2) is 9.78 Å². The fraction of sp³-hybridized carbons (Fsp3) is 0.500. The average Bonchev–Trinajstić information content (AvgIpc) is 2.95. The molecular formula is C14H18BrN3S. The molecule has 0 amide bonds. The van der Waals surface area contributed by atoms with Crippen LogP contribution in [0.1, 0.15) is 40.7 Å². The van der Waals surface area contributed by atoms with E-state index in [4.69, 9.17) is 0 Å². The fourth-order valence-electron chi connectivity index (χ4n) is 2.79. The van der Waals surface area contributed by atoms with E-state index in [2.05, 4.69) is 37.8 Å². The number of nitrogens with zero attached hydrogens (tertiary/aromatic N) is 2. The summed E-state index contributed by atoms with van der Waals surface area (Å²) in [6.45, 7) is 2.89. The Bertz CT molecular complexity index is 588. The Morgan fingerprint density at radius 1 is 1.58 bits per heavy atom. The van der Waals surface area contributed by atoms with E-state index in [0.717, 1.165) is 16.7 Å². The minimum absolute atomic E-state index is 0.497. The van der Waals surface area contributed by atoms with Crippen molar-refractivity contribution in [3.8, 4) is 0 Å². The molecule has 3 rings (SSSR count). The summed E-state index contributed by atoms with van der Waals surface area (Å²) < 4.78 is 3.09. The second-order valence-electron chi connectivity index (χ2n) is 5.09. The minimum Gasteiger partial charge on any atom is -0.304 e. The van der Waals surface area contributed by atoms with Crippen LogP contribution < -0.4 is 5.32 Å². The number of halogens is 1. The summed E-state index contributed by atoms with van der Waals surface area (Å²) in [6, 6.07) is 2.78. The first-order valence-electron chi connectivity index (χ1n) is 6.64. The highest BCUT2D eigenvalue weighted by atomic mass is 79.9. The van der Waals surface area contributed by atoms with E-state index in [1.807, 2.05) is 30.0 Å². The molecule has 0 aliphatic heterocycles. The molecule has 0 bridgehead atoms. The number of thiophene rings is 1. The van der Waals surface area contributed by atoms with Gasteiger partial charge in [0.1, 0.15) is 0 Å². The lowest BCUT2D eigenvalue weighted by Crippen LogP contribution is -2.25.